The second-order valence-electron chi connectivity index (χ2n) is 6.96. The van der Waals surface area contributed by atoms with E-state index in [1.165, 1.54) is 57.9 Å². The lowest BCUT2D eigenvalue weighted by molar-refractivity contribution is 0.0626. The van der Waals surface area contributed by atoms with Crippen LogP contribution in [0, 0.1) is 5.92 Å². The van der Waals surface area contributed by atoms with Crippen LogP contribution < -0.4 is 5.73 Å². The molecule has 2 saturated heterocycles. The number of nitrogens with zero attached hydrogens (tertiary/aromatic N) is 3. The first-order chi connectivity index (χ1) is 9.74. The van der Waals surface area contributed by atoms with E-state index in [2.05, 4.69) is 16.8 Å². The Morgan fingerprint density at radius 3 is 2.60 bits per heavy atom. The molecule has 1 saturated carbocycles. The van der Waals surface area contributed by atoms with Crippen molar-refractivity contribution in [1.29, 1.82) is 0 Å². The average molecular weight is 278 g/mol. The summed E-state index contributed by atoms with van der Waals surface area (Å²) in [5.74, 6) is 1.62. The summed E-state index contributed by atoms with van der Waals surface area (Å²) in [6.07, 6.45) is 10.5. The maximum Gasteiger partial charge on any atom is 0.191 e. The Labute approximate surface area is 123 Å². The predicted octanol–water partition coefficient (Wildman–Crippen LogP) is 2.05. The molecule has 3 rings (SSSR count). The van der Waals surface area contributed by atoms with E-state index in [0.717, 1.165) is 31.0 Å². The van der Waals surface area contributed by atoms with Crippen molar-refractivity contribution >= 4 is 5.96 Å². The van der Waals surface area contributed by atoms with Crippen LogP contribution in [0.15, 0.2) is 4.99 Å². The van der Waals surface area contributed by atoms with Gasteiger partial charge in [-0.2, -0.15) is 0 Å². The number of likely N-dealkylation sites (tertiary alicyclic amines) is 2. The summed E-state index contributed by atoms with van der Waals surface area (Å²) in [7, 11) is 2.28. The van der Waals surface area contributed by atoms with Crippen molar-refractivity contribution < 1.29 is 0 Å². The van der Waals surface area contributed by atoms with Crippen LogP contribution in [0.3, 0.4) is 0 Å². The minimum absolute atomic E-state index is 0.496. The molecule has 0 aromatic carbocycles. The van der Waals surface area contributed by atoms with Crippen molar-refractivity contribution in [3.63, 3.8) is 0 Å². The molecule has 0 spiro atoms. The summed E-state index contributed by atoms with van der Waals surface area (Å²) in [6, 6.07) is 1.28. The van der Waals surface area contributed by atoms with Crippen molar-refractivity contribution in [2.24, 2.45) is 16.6 Å². The molecular weight excluding hydrogens is 248 g/mol. The van der Waals surface area contributed by atoms with Gasteiger partial charge in [0.15, 0.2) is 5.96 Å². The third kappa shape index (κ3) is 3.11. The lowest BCUT2D eigenvalue weighted by Gasteiger charge is -2.46. The number of piperidine rings is 2. The van der Waals surface area contributed by atoms with Gasteiger partial charge in [0, 0.05) is 19.1 Å². The van der Waals surface area contributed by atoms with Crippen LogP contribution in [0.4, 0.5) is 0 Å². The van der Waals surface area contributed by atoms with E-state index >= 15 is 0 Å². The fraction of sp³-hybridized carbons (Fsp3) is 0.938. The molecule has 4 heteroatoms. The smallest absolute Gasteiger partial charge is 0.191 e. The number of hydrogen-bond donors (Lipinski definition) is 1. The van der Waals surface area contributed by atoms with Gasteiger partial charge in [-0.1, -0.05) is 19.3 Å². The molecular formula is C16H30N4. The largest absolute Gasteiger partial charge is 0.370 e. The Bertz CT molecular complexity index is 348. The Balaban J connectivity index is 1.59. The highest BCUT2D eigenvalue weighted by molar-refractivity contribution is 5.78. The van der Waals surface area contributed by atoms with E-state index < -0.39 is 0 Å². The second-order valence-corrected chi connectivity index (χ2v) is 6.96. The highest BCUT2D eigenvalue weighted by Gasteiger charge is 2.34. The third-order valence-corrected chi connectivity index (χ3v) is 5.56. The first-order valence-electron chi connectivity index (χ1n) is 8.52. The minimum atomic E-state index is 0.496. The normalized spacial score (nSPS) is 34.0. The summed E-state index contributed by atoms with van der Waals surface area (Å²) in [4.78, 5) is 9.73. The molecule has 2 heterocycles. The van der Waals surface area contributed by atoms with E-state index in [1.807, 2.05) is 0 Å². The average Bonchev–Trinajstić information content (AvgIpc) is 2.48. The second kappa shape index (κ2) is 6.33. The minimum Gasteiger partial charge on any atom is -0.370 e. The van der Waals surface area contributed by atoms with Gasteiger partial charge in [0.25, 0.3) is 0 Å². The summed E-state index contributed by atoms with van der Waals surface area (Å²) in [5.41, 5.74) is 6.30. The molecule has 1 aliphatic carbocycles. The van der Waals surface area contributed by atoms with Crippen LogP contribution in [-0.4, -0.2) is 54.5 Å². The van der Waals surface area contributed by atoms with Crippen molar-refractivity contribution in [2.75, 3.05) is 26.7 Å². The highest BCUT2D eigenvalue weighted by atomic mass is 15.3. The fourth-order valence-corrected chi connectivity index (χ4v) is 4.34. The van der Waals surface area contributed by atoms with Gasteiger partial charge in [0.2, 0.25) is 0 Å². The van der Waals surface area contributed by atoms with Gasteiger partial charge in [-0.3, -0.25) is 0 Å². The summed E-state index contributed by atoms with van der Waals surface area (Å²) < 4.78 is 0. The van der Waals surface area contributed by atoms with E-state index in [-0.39, 0.29) is 0 Å². The lowest BCUT2D eigenvalue weighted by Crippen LogP contribution is -2.55. The molecule has 2 atom stereocenters. The van der Waals surface area contributed by atoms with Gasteiger partial charge in [0.1, 0.15) is 0 Å². The first-order valence-corrected chi connectivity index (χ1v) is 8.52. The lowest BCUT2D eigenvalue weighted by atomic mass is 9.84. The van der Waals surface area contributed by atoms with Gasteiger partial charge in [-0.25, -0.2) is 4.99 Å². The quantitative estimate of drug-likeness (QED) is 0.590. The van der Waals surface area contributed by atoms with E-state index in [9.17, 15) is 0 Å². The molecule has 3 fully saturated rings. The van der Waals surface area contributed by atoms with E-state index in [4.69, 9.17) is 10.7 Å². The monoisotopic (exact) mass is 278 g/mol. The predicted molar refractivity (Wildman–Crippen MR) is 83.8 cm³/mol. The molecule has 0 aromatic rings. The Hall–Kier alpha value is -0.770. The Morgan fingerprint density at radius 2 is 1.80 bits per heavy atom. The Morgan fingerprint density at radius 1 is 1.00 bits per heavy atom. The number of hydrogen-bond acceptors (Lipinski definition) is 2. The molecule has 4 nitrogen and oxygen atoms in total. The molecule has 114 valence electrons. The number of guanidine groups is 1. The van der Waals surface area contributed by atoms with Gasteiger partial charge in [-0.15, -0.1) is 0 Å². The summed E-state index contributed by atoms with van der Waals surface area (Å²) in [5, 5.41) is 0. The zero-order valence-electron chi connectivity index (χ0n) is 12.9. The zero-order valence-corrected chi connectivity index (χ0v) is 12.9. The van der Waals surface area contributed by atoms with Crippen molar-refractivity contribution in [1.82, 2.24) is 9.80 Å². The third-order valence-electron chi connectivity index (χ3n) is 5.56. The molecule has 20 heavy (non-hydrogen) atoms. The molecule has 0 bridgehead atoms. The fourth-order valence-electron chi connectivity index (χ4n) is 4.34. The van der Waals surface area contributed by atoms with E-state index in [1.54, 1.807) is 0 Å². The molecule has 3 aliphatic rings. The maximum absolute atomic E-state index is 6.30. The van der Waals surface area contributed by atoms with Crippen LogP contribution in [-0.2, 0) is 0 Å². The van der Waals surface area contributed by atoms with Crippen molar-refractivity contribution in [3.05, 3.63) is 0 Å². The van der Waals surface area contributed by atoms with Gasteiger partial charge in [-0.05, 0) is 51.6 Å². The van der Waals surface area contributed by atoms with Crippen LogP contribution in [0.25, 0.3) is 0 Å². The number of aliphatic imine (C=N–C) groups is 1. The van der Waals surface area contributed by atoms with Crippen LogP contribution >= 0.6 is 0 Å². The standard InChI is InChI=1S/C16H30N4/c1-19-10-5-6-13-12-20(11-9-15(13)19)16(17)18-14-7-3-2-4-8-14/h13-15H,2-12H2,1H3,(H2,17,18). The van der Waals surface area contributed by atoms with Crippen LogP contribution in [0.5, 0.6) is 0 Å². The van der Waals surface area contributed by atoms with Gasteiger partial charge in [0.05, 0.1) is 6.04 Å². The number of fused-ring (bicyclic) bond motifs is 1. The van der Waals surface area contributed by atoms with Gasteiger partial charge >= 0.3 is 0 Å². The molecule has 2 N–H and O–H groups in total. The van der Waals surface area contributed by atoms with Gasteiger partial charge < -0.3 is 15.5 Å². The zero-order chi connectivity index (χ0) is 13.9. The summed E-state index contributed by atoms with van der Waals surface area (Å²) >= 11 is 0. The van der Waals surface area contributed by atoms with Crippen molar-refractivity contribution in [2.45, 2.75) is 63.5 Å². The maximum atomic E-state index is 6.30. The highest BCUT2D eigenvalue weighted by Crippen LogP contribution is 2.29. The molecule has 0 amide bonds. The van der Waals surface area contributed by atoms with Crippen LogP contribution in [0.1, 0.15) is 51.4 Å². The molecule has 2 aliphatic heterocycles. The molecule has 2 unspecified atom stereocenters. The molecule has 0 aromatic heterocycles. The summed E-state index contributed by atoms with van der Waals surface area (Å²) in [6.45, 7) is 3.48. The van der Waals surface area contributed by atoms with E-state index in [0.29, 0.717) is 6.04 Å². The SMILES string of the molecule is CN1CCCC2CN(C(N)=NC3CCCCC3)CCC21. The topological polar surface area (TPSA) is 44.9 Å². The van der Waals surface area contributed by atoms with Crippen LogP contribution in [0.2, 0.25) is 0 Å². The number of nitrogens with two attached hydrogens (primary N) is 1. The Kier molecular flexibility index (Phi) is 4.49. The van der Waals surface area contributed by atoms with Crippen molar-refractivity contribution in [3.8, 4) is 0 Å². The number of rotatable bonds is 1. The first kappa shape index (κ1) is 14.2. The molecule has 0 radical (unpaired) electrons.